The Morgan fingerprint density at radius 2 is 2.10 bits per heavy atom. The van der Waals surface area contributed by atoms with Gasteiger partial charge in [0.05, 0.1) is 18.1 Å². The van der Waals surface area contributed by atoms with Crippen LogP contribution in [0.15, 0.2) is 4.99 Å². The summed E-state index contributed by atoms with van der Waals surface area (Å²) in [5.41, 5.74) is 0. The maximum absolute atomic E-state index is 11.4. The molecule has 0 bridgehead atoms. The maximum atomic E-state index is 11.4. The van der Waals surface area contributed by atoms with E-state index in [4.69, 9.17) is 4.74 Å². The molecule has 1 fully saturated rings. The molecule has 8 heteroatoms. The zero-order valence-corrected chi connectivity index (χ0v) is 16.2. The molecule has 21 heavy (non-hydrogen) atoms. The van der Waals surface area contributed by atoms with Gasteiger partial charge >= 0.3 is 0 Å². The normalized spacial score (nSPS) is 21.1. The second-order valence-electron chi connectivity index (χ2n) is 5.54. The Hall–Kier alpha value is -0.0900. The Balaban J connectivity index is 0.00000400. The van der Waals surface area contributed by atoms with E-state index >= 15 is 0 Å². The minimum atomic E-state index is -2.86. The van der Waals surface area contributed by atoms with Gasteiger partial charge in [-0.15, -0.1) is 24.0 Å². The largest absolute Gasteiger partial charge is 0.380 e. The van der Waals surface area contributed by atoms with Crippen molar-refractivity contribution in [3.63, 3.8) is 0 Å². The smallest absolute Gasteiger partial charge is 0.191 e. The molecule has 0 aromatic carbocycles. The highest BCUT2D eigenvalue weighted by atomic mass is 127. The number of sulfone groups is 1. The third-order valence-corrected chi connectivity index (χ3v) is 4.94. The lowest BCUT2D eigenvalue weighted by Gasteiger charge is -2.16. The fraction of sp³-hybridized carbons (Fsp3) is 0.923. The molecular weight excluding hydrogens is 405 g/mol. The zero-order valence-electron chi connectivity index (χ0n) is 13.1. The van der Waals surface area contributed by atoms with E-state index in [1.165, 1.54) is 0 Å². The van der Waals surface area contributed by atoms with Crippen LogP contribution in [0.4, 0.5) is 0 Å². The average molecular weight is 433 g/mol. The number of nitrogens with one attached hydrogen (secondary N) is 2. The SMILES string of the molecule is CN=C(NCCOCCC(C)C)NC1CCS(=O)(=O)C1.I. The molecule has 0 radical (unpaired) electrons. The monoisotopic (exact) mass is 433 g/mol. The van der Waals surface area contributed by atoms with Crippen molar-refractivity contribution in [2.75, 3.05) is 38.3 Å². The average Bonchev–Trinajstić information content (AvgIpc) is 2.71. The summed E-state index contributed by atoms with van der Waals surface area (Å²) in [7, 11) is -1.18. The summed E-state index contributed by atoms with van der Waals surface area (Å²) in [6.07, 6.45) is 1.71. The lowest BCUT2D eigenvalue weighted by molar-refractivity contribution is 0.128. The third-order valence-electron chi connectivity index (χ3n) is 3.18. The molecule has 2 N–H and O–H groups in total. The van der Waals surface area contributed by atoms with Crippen LogP contribution < -0.4 is 10.6 Å². The standard InChI is InChI=1S/C13H27N3O3S.HI/c1-11(2)4-7-19-8-6-15-13(14-3)16-12-5-9-20(17,18)10-12;/h11-12H,4-10H2,1-3H3,(H2,14,15,16);1H. The molecule has 0 saturated carbocycles. The van der Waals surface area contributed by atoms with Crippen LogP contribution in [0, 0.1) is 5.92 Å². The molecule has 126 valence electrons. The van der Waals surface area contributed by atoms with Crippen molar-refractivity contribution < 1.29 is 13.2 Å². The van der Waals surface area contributed by atoms with Crippen molar-refractivity contribution in [3.8, 4) is 0 Å². The third kappa shape index (κ3) is 9.51. The molecule has 1 saturated heterocycles. The number of hydrogen-bond donors (Lipinski definition) is 2. The summed E-state index contributed by atoms with van der Waals surface area (Å²) < 4.78 is 28.3. The Kier molecular flexibility index (Phi) is 10.6. The molecule has 1 heterocycles. The molecule has 0 aliphatic carbocycles. The molecule has 0 aromatic rings. The molecule has 0 amide bonds. The summed E-state index contributed by atoms with van der Waals surface area (Å²) in [5.74, 6) is 1.75. The van der Waals surface area contributed by atoms with E-state index in [1.54, 1.807) is 7.05 Å². The van der Waals surface area contributed by atoms with Crippen LogP contribution in [0.5, 0.6) is 0 Å². The number of nitrogens with zero attached hydrogens (tertiary/aromatic N) is 1. The lowest BCUT2D eigenvalue weighted by atomic mass is 10.1. The van der Waals surface area contributed by atoms with E-state index in [1.807, 2.05) is 0 Å². The van der Waals surface area contributed by atoms with Gasteiger partial charge in [-0.2, -0.15) is 0 Å². The molecule has 6 nitrogen and oxygen atoms in total. The molecular formula is C13H28IN3O3S. The van der Waals surface area contributed by atoms with E-state index < -0.39 is 9.84 Å². The van der Waals surface area contributed by atoms with Gasteiger partial charge in [-0.05, 0) is 18.8 Å². The van der Waals surface area contributed by atoms with Gasteiger partial charge in [0.1, 0.15) is 0 Å². The first-order chi connectivity index (χ1) is 9.43. The van der Waals surface area contributed by atoms with Crippen LogP contribution in [0.1, 0.15) is 26.7 Å². The van der Waals surface area contributed by atoms with E-state index in [-0.39, 0.29) is 41.5 Å². The Labute approximate surface area is 145 Å². The molecule has 1 aliphatic rings. The van der Waals surface area contributed by atoms with Gasteiger partial charge in [0.2, 0.25) is 0 Å². The van der Waals surface area contributed by atoms with Gasteiger partial charge in [-0.1, -0.05) is 13.8 Å². The van der Waals surface area contributed by atoms with E-state index in [0.29, 0.717) is 31.4 Å². The first-order valence-electron chi connectivity index (χ1n) is 7.18. The molecule has 1 unspecified atom stereocenters. The lowest BCUT2D eigenvalue weighted by Crippen LogP contribution is -2.44. The zero-order chi connectivity index (χ0) is 15.0. The second kappa shape index (κ2) is 10.6. The van der Waals surface area contributed by atoms with E-state index in [0.717, 1.165) is 13.0 Å². The van der Waals surface area contributed by atoms with Crippen LogP contribution in [-0.2, 0) is 14.6 Å². The highest BCUT2D eigenvalue weighted by Gasteiger charge is 2.28. The van der Waals surface area contributed by atoms with Gasteiger partial charge in [-0.3, -0.25) is 4.99 Å². The minimum Gasteiger partial charge on any atom is -0.380 e. The first-order valence-corrected chi connectivity index (χ1v) is 9.00. The molecule has 1 atom stereocenters. The van der Waals surface area contributed by atoms with Crippen LogP contribution >= 0.6 is 24.0 Å². The molecule has 0 aromatic heterocycles. The summed E-state index contributed by atoms with van der Waals surface area (Å²) >= 11 is 0. The summed E-state index contributed by atoms with van der Waals surface area (Å²) in [6, 6.07) is -0.0342. The number of ether oxygens (including phenoxy) is 1. The Morgan fingerprint density at radius 3 is 2.62 bits per heavy atom. The maximum Gasteiger partial charge on any atom is 0.191 e. The van der Waals surface area contributed by atoms with Gasteiger partial charge in [0, 0.05) is 26.2 Å². The quantitative estimate of drug-likeness (QED) is 0.271. The van der Waals surface area contributed by atoms with Crippen molar-refractivity contribution >= 4 is 39.8 Å². The van der Waals surface area contributed by atoms with Crippen LogP contribution in [-0.4, -0.2) is 58.7 Å². The van der Waals surface area contributed by atoms with Crippen molar-refractivity contribution in [2.24, 2.45) is 10.9 Å². The predicted octanol–water partition coefficient (Wildman–Crippen LogP) is 1.02. The fourth-order valence-corrected chi connectivity index (χ4v) is 3.63. The van der Waals surface area contributed by atoms with Crippen LogP contribution in [0.25, 0.3) is 0 Å². The summed E-state index contributed by atoms with van der Waals surface area (Å²) in [5, 5.41) is 6.27. The van der Waals surface area contributed by atoms with Gasteiger partial charge in [-0.25, -0.2) is 8.42 Å². The molecule has 0 spiro atoms. The Bertz CT molecular complexity index is 413. The van der Waals surface area contributed by atoms with Gasteiger partial charge < -0.3 is 15.4 Å². The second-order valence-corrected chi connectivity index (χ2v) is 7.77. The highest BCUT2D eigenvalue weighted by Crippen LogP contribution is 2.10. The van der Waals surface area contributed by atoms with Crippen LogP contribution in [0.3, 0.4) is 0 Å². The summed E-state index contributed by atoms with van der Waals surface area (Å²) in [6.45, 7) is 6.39. The number of guanidine groups is 1. The minimum absolute atomic E-state index is 0. The summed E-state index contributed by atoms with van der Waals surface area (Å²) in [4.78, 5) is 4.09. The number of halogens is 1. The predicted molar refractivity (Wildman–Crippen MR) is 97.2 cm³/mol. The van der Waals surface area contributed by atoms with Crippen molar-refractivity contribution in [1.29, 1.82) is 0 Å². The van der Waals surface area contributed by atoms with Crippen molar-refractivity contribution in [1.82, 2.24) is 10.6 Å². The molecule has 1 rings (SSSR count). The number of aliphatic imine (C=N–C) groups is 1. The number of hydrogen-bond acceptors (Lipinski definition) is 4. The van der Waals surface area contributed by atoms with Crippen molar-refractivity contribution in [3.05, 3.63) is 0 Å². The van der Waals surface area contributed by atoms with Gasteiger partial charge in [0.25, 0.3) is 0 Å². The van der Waals surface area contributed by atoms with E-state index in [9.17, 15) is 8.42 Å². The first kappa shape index (κ1) is 20.9. The Morgan fingerprint density at radius 1 is 1.38 bits per heavy atom. The molecule has 1 aliphatic heterocycles. The number of rotatable bonds is 7. The highest BCUT2D eigenvalue weighted by molar-refractivity contribution is 14.0. The van der Waals surface area contributed by atoms with Crippen LogP contribution in [0.2, 0.25) is 0 Å². The van der Waals surface area contributed by atoms with Crippen molar-refractivity contribution in [2.45, 2.75) is 32.7 Å². The van der Waals surface area contributed by atoms with Gasteiger partial charge in [0.15, 0.2) is 15.8 Å². The topological polar surface area (TPSA) is 79.8 Å². The van der Waals surface area contributed by atoms with E-state index in [2.05, 4.69) is 29.5 Å². The fourth-order valence-electron chi connectivity index (χ4n) is 1.96.